The van der Waals surface area contributed by atoms with Crippen LogP contribution in [0.3, 0.4) is 0 Å². The molecule has 3 N–H and O–H groups in total. The van der Waals surface area contributed by atoms with E-state index < -0.39 is 97.5 Å². The number of esters is 4. The summed E-state index contributed by atoms with van der Waals surface area (Å²) in [5.41, 5.74) is 0. The highest BCUT2D eigenvalue weighted by Crippen LogP contribution is 2.45. The zero-order chi connectivity index (χ0) is 67.5. The molecular formula is C73H140O17P2. The second-order valence-electron chi connectivity index (χ2n) is 26.0. The van der Waals surface area contributed by atoms with Gasteiger partial charge in [-0.25, -0.2) is 9.13 Å². The van der Waals surface area contributed by atoms with Crippen molar-refractivity contribution < 1.29 is 80.2 Å². The highest BCUT2D eigenvalue weighted by Gasteiger charge is 2.30. The van der Waals surface area contributed by atoms with E-state index in [4.69, 9.17) is 37.0 Å². The third-order valence-corrected chi connectivity index (χ3v) is 18.7. The lowest BCUT2D eigenvalue weighted by molar-refractivity contribution is -0.161. The molecule has 0 rings (SSSR count). The molecule has 0 aliphatic rings. The number of hydrogen-bond donors (Lipinski definition) is 3. The Balaban J connectivity index is 5.27. The predicted octanol–water partition coefficient (Wildman–Crippen LogP) is 21.2. The number of aliphatic hydroxyl groups is 1. The van der Waals surface area contributed by atoms with Gasteiger partial charge in [-0.3, -0.25) is 37.3 Å². The first kappa shape index (κ1) is 89.8. The molecule has 19 heteroatoms. The van der Waals surface area contributed by atoms with Crippen molar-refractivity contribution in [3.63, 3.8) is 0 Å². The van der Waals surface area contributed by atoms with Crippen LogP contribution in [0, 0.1) is 0 Å². The van der Waals surface area contributed by atoms with Crippen molar-refractivity contribution in [3.8, 4) is 0 Å². The Kier molecular flexibility index (Phi) is 65.8. The molecule has 0 aliphatic carbocycles. The average molecular weight is 1350 g/mol. The quantitative estimate of drug-likeness (QED) is 0.0169. The van der Waals surface area contributed by atoms with Gasteiger partial charge < -0.3 is 33.8 Å². The van der Waals surface area contributed by atoms with Gasteiger partial charge in [0.2, 0.25) is 0 Å². The molecule has 92 heavy (non-hydrogen) atoms. The molecule has 17 nitrogen and oxygen atoms in total. The normalized spacial score (nSPS) is 14.0. The molecule has 5 atom stereocenters. The summed E-state index contributed by atoms with van der Waals surface area (Å²) in [5.74, 6) is -2.13. The summed E-state index contributed by atoms with van der Waals surface area (Å²) in [6.45, 7) is 4.94. The molecule has 0 saturated heterocycles. The Bertz CT molecular complexity index is 1800. The number of phosphoric acid groups is 2. The Morgan fingerprint density at radius 1 is 0.293 bits per heavy atom. The van der Waals surface area contributed by atoms with Gasteiger partial charge in [0.25, 0.3) is 0 Å². The first-order valence-electron chi connectivity index (χ1n) is 37.9. The van der Waals surface area contributed by atoms with E-state index in [0.717, 1.165) is 103 Å². The van der Waals surface area contributed by atoms with Crippen molar-refractivity contribution in [2.45, 2.75) is 393 Å². The van der Waals surface area contributed by atoms with Crippen LogP contribution in [0.1, 0.15) is 374 Å². The van der Waals surface area contributed by atoms with Crippen LogP contribution in [0.4, 0.5) is 0 Å². The fourth-order valence-corrected chi connectivity index (χ4v) is 12.5. The van der Waals surface area contributed by atoms with E-state index in [1.165, 1.54) is 193 Å². The van der Waals surface area contributed by atoms with E-state index in [0.29, 0.717) is 25.7 Å². The predicted molar refractivity (Wildman–Crippen MR) is 372 cm³/mol. The fourth-order valence-electron chi connectivity index (χ4n) is 10.9. The monoisotopic (exact) mass is 1350 g/mol. The van der Waals surface area contributed by atoms with Crippen LogP contribution in [-0.2, 0) is 65.4 Å². The second-order valence-corrected chi connectivity index (χ2v) is 28.9. The molecule has 0 amide bonds. The number of hydrogen-bond acceptors (Lipinski definition) is 15. The van der Waals surface area contributed by atoms with E-state index in [-0.39, 0.29) is 25.7 Å². The molecule has 0 bridgehead atoms. The van der Waals surface area contributed by atoms with Gasteiger partial charge >= 0.3 is 39.5 Å². The molecule has 0 aromatic carbocycles. The molecule has 0 fully saturated rings. The topological polar surface area (TPSA) is 237 Å². The molecule has 0 aromatic heterocycles. The van der Waals surface area contributed by atoms with E-state index in [1.807, 2.05) is 0 Å². The lowest BCUT2D eigenvalue weighted by Crippen LogP contribution is -2.30. The number of aliphatic hydroxyl groups excluding tert-OH is 1. The van der Waals surface area contributed by atoms with E-state index >= 15 is 0 Å². The summed E-state index contributed by atoms with van der Waals surface area (Å²) in [4.78, 5) is 72.7. The van der Waals surface area contributed by atoms with Crippen LogP contribution in [-0.4, -0.2) is 96.7 Å². The molecule has 2 unspecified atom stereocenters. The third-order valence-electron chi connectivity index (χ3n) is 16.8. The summed E-state index contributed by atoms with van der Waals surface area (Å²) in [7, 11) is -9.91. The van der Waals surface area contributed by atoms with Gasteiger partial charge in [0, 0.05) is 25.7 Å². The lowest BCUT2D eigenvalue weighted by atomic mass is 10.0. The molecule has 0 radical (unpaired) electrons. The number of ether oxygens (including phenoxy) is 4. The number of carbonyl (C=O) groups excluding carboxylic acids is 4. The minimum absolute atomic E-state index is 0.0946. The third kappa shape index (κ3) is 66.4. The maximum absolute atomic E-state index is 13.0. The number of rotatable bonds is 73. The molecule has 0 spiro atoms. The number of phosphoric ester groups is 2. The summed E-state index contributed by atoms with van der Waals surface area (Å²) >= 11 is 0. The largest absolute Gasteiger partial charge is 0.472 e. The summed E-state index contributed by atoms with van der Waals surface area (Å²) in [6.07, 6.45) is 57.7. The Hall–Kier alpha value is -2.20. The smallest absolute Gasteiger partial charge is 0.462 e. The molecule has 0 aliphatic heterocycles. The maximum Gasteiger partial charge on any atom is 0.472 e. The van der Waals surface area contributed by atoms with Crippen molar-refractivity contribution >= 4 is 39.5 Å². The van der Waals surface area contributed by atoms with Gasteiger partial charge in [-0.05, 0) is 51.4 Å². The van der Waals surface area contributed by atoms with E-state index in [9.17, 15) is 43.2 Å². The van der Waals surface area contributed by atoms with Crippen LogP contribution in [0.5, 0.6) is 0 Å². The summed E-state index contributed by atoms with van der Waals surface area (Å²) in [6, 6.07) is 0. The van der Waals surface area contributed by atoms with E-state index in [2.05, 4.69) is 39.8 Å². The summed E-state index contributed by atoms with van der Waals surface area (Å²) in [5, 5.41) is 10.6. The standard InChI is InChI=1S/C73H140O17P2/c1-5-9-13-17-21-25-29-33-37-41-45-49-53-57-70(75)83-63-68(89-72(77)59-55-51-47-43-39-35-31-27-23-19-15-11-7-3)65-87-91(79,80)85-61-67(74)62-86-92(81,82)88-66-69(90-73(78)60-56-52-48-44-40-36-32-28-24-20-16-12-8-4)64-84-71(76)58-54-50-46-42-38-34-30-26-22-18-14-10-6-2/h27,31,67-69,74H,5-26,28-30,32-66H2,1-4H3,(H,79,80)(H,81,82)/b31-27-/t67-,68+,69+/m0/s1. The van der Waals surface area contributed by atoms with Crippen LogP contribution < -0.4 is 0 Å². The van der Waals surface area contributed by atoms with Gasteiger partial charge in [-0.15, -0.1) is 0 Å². The molecule has 0 heterocycles. The van der Waals surface area contributed by atoms with Crippen molar-refractivity contribution in [3.05, 3.63) is 12.2 Å². The average Bonchev–Trinajstić information content (AvgIpc) is 3.45. The van der Waals surface area contributed by atoms with Crippen molar-refractivity contribution in [1.29, 1.82) is 0 Å². The highest BCUT2D eigenvalue weighted by atomic mass is 31.2. The van der Waals surface area contributed by atoms with Crippen LogP contribution in [0.15, 0.2) is 12.2 Å². The highest BCUT2D eigenvalue weighted by molar-refractivity contribution is 7.47. The maximum atomic E-state index is 13.0. The SMILES string of the molecule is CCCCCC/C=C\CCCCCCCC(=O)O[C@H](COC(=O)CCCCCCCCCCCCCCC)COP(=O)(O)OC[C@H](O)COP(=O)(O)OC[C@@H](COC(=O)CCCCCCCCCCCCCCC)OC(=O)CCCCCCCCCCCCCCC. The Morgan fingerprint density at radius 3 is 0.761 bits per heavy atom. The Morgan fingerprint density at radius 2 is 0.500 bits per heavy atom. The van der Waals surface area contributed by atoms with Crippen molar-refractivity contribution in [1.82, 2.24) is 0 Å². The zero-order valence-corrected chi connectivity index (χ0v) is 61.1. The van der Waals surface area contributed by atoms with Crippen molar-refractivity contribution in [2.75, 3.05) is 39.6 Å². The van der Waals surface area contributed by atoms with Gasteiger partial charge in [-0.2, -0.15) is 0 Å². The summed E-state index contributed by atoms with van der Waals surface area (Å²) < 4.78 is 68.4. The molecule has 0 aromatic rings. The Labute approximate surface area is 561 Å². The van der Waals surface area contributed by atoms with Crippen molar-refractivity contribution in [2.24, 2.45) is 0 Å². The first-order valence-corrected chi connectivity index (χ1v) is 40.9. The van der Waals surface area contributed by atoms with Gasteiger partial charge in [0.1, 0.15) is 19.3 Å². The lowest BCUT2D eigenvalue weighted by Gasteiger charge is -2.21. The molecule has 0 saturated carbocycles. The first-order chi connectivity index (χ1) is 44.7. The fraction of sp³-hybridized carbons (Fsp3) is 0.918. The van der Waals surface area contributed by atoms with Gasteiger partial charge in [0.15, 0.2) is 12.2 Å². The van der Waals surface area contributed by atoms with Gasteiger partial charge in [0.05, 0.1) is 26.4 Å². The van der Waals surface area contributed by atoms with E-state index in [1.54, 1.807) is 0 Å². The number of carbonyl (C=O) groups is 4. The van der Waals surface area contributed by atoms with Crippen LogP contribution in [0.2, 0.25) is 0 Å². The van der Waals surface area contributed by atoms with Gasteiger partial charge in [-0.1, -0.05) is 310 Å². The zero-order valence-electron chi connectivity index (χ0n) is 59.3. The van der Waals surface area contributed by atoms with Crippen LogP contribution in [0.25, 0.3) is 0 Å². The van der Waals surface area contributed by atoms with Crippen LogP contribution >= 0.6 is 15.6 Å². The molecule has 544 valence electrons. The number of allylic oxidation sites excluding steroid dienone is 2. The minimum Gasteiger partial charge on any atom is -0.462 e. The minimum atomic E-state index is -4.96. The second kappa shape index (κ2) is 67.4. The molecular weight excluding hydrogens is 1210 g/mol. The number of unbranched alkanes of at least 4 members (excludes halogenated alkanes) is 45.